The number of methoxy groups -OCH3 is 4. The van der Waals surface area contributed by atoms with Gasteiger partial charge in [0.15, 0.2) is 11.5 Å². The Hall–Kier alpha value is -2.40. The average molecular weight is 317 g/mol. The van der Waals surface area contributed by atoms with Crippen molar-refractivity contribution in [3.63, 3.8) is 0 Å². The summed E-state index contributed by atoms with van der Waals surface area (Å²) in [5.41, 5.74) is 2.26. The van der Waals surface area contributed by atoms with Gasteiger partial charge in [-0.05, 0) is 35.4 Å². The Balaban J connectivity index is 2.02. The van der Waals surface area contributed by atoms with Gasteiger partial charge in [-0.1, -0.05) is 12.1 Å². The third-order valence-electron chi connectivity index (χ3n) is 3.54. The summed E-state index contributed by atoms with van der Waals surface area (Å²) in [5.74, 6) is 2.79. The molecule has 0 saturated carbocycles. The molecule has 2 rings (SSSR count). The van der Waals surface area contributed by atoms with Gasteiger partial charge in [-0.3, -0.25) is 0 Å². The minimum atomic E-state index is 0.605. The summed E-state index contributed by atoms with van der Waals surface area (Å²) in [6.07, 6.45) is 0. The summed E-state index contributed by atoms with van der Waals surface area (Å²) in [7, 11) is 6.50. The van der Waals surface area contributed by atoms with E-state index in [9.17, 15) is 0 Å². The minimum absolute atomic E-state index is 0.605. The first kappa shape index (κ1) is 17.0. The summed E-state index contributed by atoms with van der Waals surface area (Å²) in [5, 5.41) is 3.40. The van der Waals surface area contributed by atoms with Crippen LogP contribution in [0.2, 0.25) is 0 Å². The second kappa shape index (κ2) is 8.29. The molecule has 0 aliphatic rings. The predicted molar refractivity (Wildman–Crippen MR) is 89.6 cm³/mol. The maximum Gasteiger partial charge on any atom is 0.203 e. The Labute approximate surface area is 137 Å². The number of nitrogens with one attached hydrogen (secondary N) is 1. The molecule has 0 aliphatic carbocycles. The Bertz CT molecular complexity index is 600. The van der Waals surface area contributed by atoms with Crippen molar-refractivity contribution in [3.8, 4) is 23.0 Å². The van der Waals surface area contributed by atoms with E-state index in [0.29, 0.717) is 23.8 Å². The van der Waals surface area contributed by atoms with Gasteiger partial charge in [0.1, 0.15) is 5.75 Å². The molecule has 2 aromatic rings. The normalized spacial score (nSPS) is 10.3. The fourth-order valence-corrected chi connectivity index (χ4v) is 2.33. The van der Waals surface area contributed by atoms with Crippen molar-refractivity contribution in [2.75, 3.05) is 28.4 Å². The van der Waals surface area contributed by atoms with E-state index in [4.69, 9.17) is 18.9 Å². The molecule has 23 heavy (non-hydrogen) atoms. The lowest BCUT2D eigenvalue weighted by Gasteiger charge is -2.14. The highest BCUT2D eigenvalue weighted by Crippen LogP contribution is 2.38. The van der Waals surface area contributed by atoms with Crippen molar-refractivity contribution in [2.45, 2.75) is 13.1 Å². The Morgan fingerprint density at radius 1 is 0.696 bits per heavy atom. The highest BCUT2D eigenvalue weighted by molar-refractivity contribution is 5.53. The summed E-state index contributed by atoms with van der Waals surface area (Å²) < 4.78 is 21.2. The molecule has 1 N–H and O–H groups in total. The van der Waals surface area contributed by atoms with Gasteiger partial charge in [-0.15, -0.1) is 0 Å². The van der Waals surface area contributed by atoms with E-state index in [1.54, 1.807) is 28.4 Å². The zero-order valence-corrected chi connectivity index (χ0v) is 14.0. The fraction of sp³-hybridized carbons (Fsp3) is 0.333. The Morgan fingerprint density at radius 3 is 1.74 bits per heavy atom. The van der Waals surface area contributed by atoms with Gasteiger partial charge in [0.25, 0.3) is 0 Å². The lowest BCUT2D eigenvalue weighted by Crippen LogP contribution is -2.13. The molecule has 2 aromatic carbocycles. The number of benzene rings is 2. The minimum Gasteiger partial charge on any atom is -0.497 e. The van der Waals surface area contributed by atoms with Gasteiger partial charge >= 0.3 is 0 Å². The molecule has 0 unspecified atom stereocenters. The monoisotopic (exact) mass is 317 g/mol. The molecular weight excluding hydrogens is 294 g/mol. The molecule has 0 heterocycles. The van der Waals surface area contributed by atoms with Gasteiger partial charge in [0, 0.05) is 13.1 Å². The van der Waals surface area contributed by atoms with Crippen LogP contribution in [0, 0.1) is 0 Å². The van der Waals surface area contributed by atoms with Crippen LogP contribution >= 0.6 is 0 Å². The second-order valence-electron chi connectivity index (χ2n) is 4.99. The van der Waals surface area contributed by atoms with E-state index < -0.39 is 0 Å². The van der Waals surface area contributed by atoms with E-state index in [0.717, 1.165) is 17.9 Å². The standard InChI is InChI=1S/C18H23NO4/c1-20-15-7-5-13(6-8-15)11-19-12-14-9-16(21-2)18(23-4)17(10-14)22-3/h5-10,19H,11-12H2,1-4H3. The first-order chi connectivity index (χ1) is 11.2. The van der Waals surface area contributed by atoms with Crippen molar-refractivity contribution < 1.29 is 18.9 Å². The SMILES string of the molecule is COc1ccc(CNCc2cc(OC)c(OC)c(OC)c2)cc1. The second-order valence-corrected chi connectivity index (χ2v) is 4.99. The lowest BCUT2D eigenvalue weighted by molar-refractivity contribution is 0.323. The van der Waals surface area contributed by atoms with Crippen molar-refractivity contribution in [1.82, 2.24) is 5.32 Å². The summed E-state index contributed by atoms with van der Waals surface area (Å²) in [4.78, 5) is 0. The summed E-state index contributed by atoms with van der Waals surface area (Å²) >= 11 is 0. The molecule has 0 aromatic heterocycles. The Kier molecular flexibility index (Phi) is 6.11. The molecular formula is C18H23NO4. The van der Waals surface area contributed by atoms with Gasteiger partial charge in [0.2, 0.25) is 5.75 Å². The van der Waals surface area contributed by atoms with Crippen molar-refractivity contribution in [2.24, 2.45) is 0 Å². The molecule has 0 radical (unpaired) electrons. The largest absolute Gasteiger partial charge is 0.497 e. The molecule has 0 aliphatic heterocycles. The smallest absolute Gasteiger partial charge is 0.203 e. The van der Waals surface area contributed by atoms with Crippen LogP contribution in [0.5, 0.6) is 23.0 Å². The van der Waals surface area contributed by atoms with Crippen molar-refractivity contribution in [1.29, 1.82) is 0 Å². The average Bonchev–Trinajstić information content (AvgIpc) is 2.61. The van der Waals surface area contributed by atoms with Crippen LogP contribution in [-0.2, 0) is 13.1 Å². The van der Waals surface area contributed by atoms with Crippen LogP contribution in [0.25, 0.3) is 0 Å². The van der Waals surface area contributed by atoms with Crippen LogP contribution in [-0.4, -0.2) is 28.4 Å². The molecule has 5 nitrogen and oxygen atoms in total. The molecule has 0 spiro atoms. The molecule has 0 fully saturated rings. The van der Waals surface area contributed by atoms with E-state index in [1.165, 1.54) is 5.56 Å². The zero-order valence-electron chi connectivity index (χ0n) is 14.0. The third kappa shape index (κ3) is 4.29. The van der Waals surface area contributed by atoms with E-state index in [1.807, 2.05) is 36.4 Å². The highest BCUT2D eigenvalue weighted by atomic mass is 16.5. The van der Waals surface area contributed by atoms with Crippen LogP contribution in [0.3, 0.4) is 0 Å². The Morgan fingerprint density at radius 2 is 1.26 bits per heavy atom. The molecule has 5 heteroatoms. The fourth-order valence-electron chi connectivity index (χ4n) is 2.33. The zero-order chi connectivity index (χ0) is 16.7. The quantitative estimate of drug-likeness (QED) is 0.811. The molecule has 124 valence electrons. The van der Waals surface area contributed by atoms with Crippen molar-refractivity contribution >= 4 is 0 Å². The van der Waals surface area contributed by atoms with Crippen molar-refractivity contribution in [3.05, 3.63) is 47.5 Å². The maximum atomic E-state index is 5.36. The highest BCUT2D eigenvalue weighted by Gasteiger charge is 2.12. The van der Waals surface area contributed by atoms with Gasteiger partial charge in [-0.25, -0.2) is 0 Å². The van der Waals surface area contributed by atoms with Crippen LogP contribution in [0.4, 0.5) is 0 Å². The third-order valence-corrected chi connectivity index (χ3v) is 3.54. The van der Waals surface area contributed by atoms with Crippen LogP contribution in [0.15, 0.2) is 36.4 Å². The molecule has 0 saturated heterocycles. The van der Waals surface area contributed by atoms with Crippen LogP contribution < -0.4 is 24.3 Å². The van der Waals surface area contributed by atoms with E-state index in [-0.39, 0.29) is 0 Å². The molecule has 0 amide bonds. The number of hydrogen-bond donors (Lipinski definition) is 1. The summed E-state index contributed by atoms with van der Waals surface area (Å²) in [6.45, 7) is 1.46. The lowest BCUT2D eigenvalue weighted by atomic mass is 10.1. The molecule has 0 bridgehead atoms. The first-order valence-electron chi connectivity index (χ1n) is 7.34. The van der Waals surface area contributed by atoms with E-state index in [2.05, 4.69) is 5.32 Å². The van der Waals surface area contributed by atoms with Gasteiger partial charge in [0.05, 0.1) is 28.4 Å². The van der Waals surface area contributed by atoms with E-state index >= 15 is 0 Å². The van der Waals surface area contributed by atoms with Gasteiger partial charge in [-0.2, -0.15) is 0 Å². The summed E-state index contributed by atoms with van der Waals surface area (Å²) in [6, 6.07) is 11.9. The topological polar surface area (TPSA) is 49.0 Å². The van der Waals surface area contributed by atoms with Crippen LogP contribution in [0.1, 0.15) is 11.1 Å². The predicted octanol–water partition coefficient (Wildman–Crippen LogP) is 3.01. The maximum absolute atomic E-state index is 5.36. The number of ether oxygens (including phenoxy) is 4. The molecule has 0 atom stereocenters. The number of hydrogen-bond acceptors (Lipinski definition) is 5. The first-order valence-corrected chi connectivity index (χ1v) is 7.34. The van der Waals surface area contributed by atoms with Gasteiger partial charge < -0.3 is 24.3 Å². The number of rotatable bonds is 8.